The van der Waals surface area contributed by atoms with Crippen LogP contribution in [0.25, 0.3) is 0 Å². The van der Waals surface area contributed by atoms with Gasteiger partial charge in [0.1, 0.15) is 0 Å². The van der Waals surface area contributed by atoms with Gasteiger partial charge in [-0.2, -0.15) is 0 Å². The van der Waals surface area contributed by atoms with E-state index >= 15 is 0 Å². The topological polar surface area (TPSA) is 29.3 Å². The highest BCUT2D eigenvalue weighted by Crippen LogP contribution is 1.93. The minimum Gasteiger partial charge on any atom is -0.318 e. The van der Waals surface area contributed by atoms with Gasteiger partial charge in [-0.05, 0) is 14.0 Å². The van der Waals surface area contributed by atoms with E-state index in [0.717, 1.165) is 6.54 Å². The normalized spacial score (nSPS) is 12.4. The molecule has 0 aromatic carbocycles. The molecular weight excluding hydrogens is 227 g/mol. The van der Waals surface area contributed by atoms with Gasteiger partial charge in [0, 0.05) is 17.6 Å². The summed E-state index contributed by atoms with van der Waals surface area (Å²) in [5.74, 6) is 0. The number of rotatable bonds is 4. The number of hydrogen-bond acceptors (Lipinski definition) is 2. The lowest BCUT2D eigenvalue weighted by atomic mass is 10.7. The Bertz CT molecular complexity index is 83.1. The average Bonchev–Trinajstić information content (AvgIpc) is 1.89. The van der Waals surface area contributed by atoms with E-state index in [1.807, 2.05) is 0 Å². The third kappa shape index (κ3) is 6.40. The van der Waals surface area contributed by atoms with E-state index in [1.54, 1.807) is 0 Å². The van der Waals surface area contributed by atoms with Crippen LogP contribution < -0.4 is 5.73 Å². The van der Waals surface area contributed by atoms with Gasteiger partial charge in [0.2, 0.25) is 0 Å². The monoisotopic (exact) mass is 242 g/mol. The fourth-order valence-corrected chi connectivity index (χ4v) is 2.12. The lowest BCUT2D eigenvalue weighted by Gasteiger charge is -2.10. The molecular formula is C6H15IN2. The molecule has 0 atom stereocenters. The molecule has 2 N–H and O–H groups in total. The first kappa shape index (κ1) is 9.52. The molecule has 2 nitrogen and oxygen atoms in total. The summed E-state index contributed by atoms with van der Waals surface area (Å²) >= 11 is 0.366. The van der Waals surface area contributed by atoms with Gasteiger partial charge in [0.25, 0.3) is 0 Å². The lowest BCUT2D eigenvalue weighted by molar-refractivity contribution is 0.369. The van der Waals surface area contributed by atoms with Gasteiger partial charge in [0.05, 0.1) is 0 Å². The number of hydrogen-bond donors (Lipinski definition) is 1. The van der Waals surface area contributed by atoms with E-state index in [9.17, 15) is 0 Å². The smallest absolute Gasteiger partial charge is 0.0452 e. The van der Waals surface area contributed by atoms with E-state index < -0.39 is 0 Å². The molecule has 0 aliphatic rings. The van der Waals surface area contributed by atoms with E-state index in [-0.39, 0.29) is 0 Å². The number of nitrogens with two attached hydrogens (primary N) is 1. The van der Waals surface area contributed by atoms with Gasteiger partial charge in [0.15, 0.2) is 0 Å². The molecule has 0 bridgehead atoms. The van der Waals surface area contributed by atoms with E-state index in [4.69, 9.17) is 5.73 Å². The Morgan fingerprint density at radius 3 is 2.78 bits per heavy atom. The predicted octanol–water partition coefficient (Wildman–Crippen LogP) is 0.627. The van der Waals surface area contributed by atoms with Crippen LogP contribution in [0.15, 0.2) is 0 Å². The van der Waals surface area contributed by atoms with Gasteiger partial charge < -0.3 is 5.73 Å². The SMILES string of the molecule is CC=ICCN(C)CN. The number of alkyl halides is 1. The highest BCUT2D eigenvalue weighted by molar-refractivity contribution is 14.2. The van der Waals surface area contributed by atoms with Crippen LogP contribution in [0.3, 0.4) is 0 Å². The molecule has 0 aliphatic heterocycles. The van der Waals surface area contributed by atoms with Crippen LogP contribution in [-0.4, -0.2) is 33.6 Å². The molecule has 0 fully saturated rings. The predicted molar refractivity (Wildman–Crippen MR) is 52.3 cm³/mol. The third-order valence-corrected chi connectivity index (χ3v) is 3.03. The molecule has 0 spiro atoms. The zero-order valence-electron chi connectivity index (χ0n) is 6.10. The van der Waals surface area contributed by atoms with Crippen molar-refractivity contribution in [2.75, 3.05) is 24.7 Å². The first-order chi connectivity index (χ1) is 4.31. The molecule has 0 aliphatic carbocycles. The van der Waals surface area contributed by atoms with E-state index in [0.29, 0.717) is 27.4 Å². The molecule has 0 saturated carbocycles. The quantitative estimate of drug-likeness (QED) is 0.445. The summed E-state index contributed by atoms with van der Waals surface area (Å²) in [6.45, 7) is 3.98. The lowest BCUT2D eigenvalue weighted by Crippen LogP contribution is -2.27. The van der Waals surface area contributed by atoms with Gasteiger partial charge in [-0.15, -0.1) is 20.7 Å². The van der Waals surface area contributed by atoms with Crippen molar-refractivity contribution < 1.29 is 0 Å². The van der Waals surface area contributed by atoms with Gasteiger partial charge in [-0.25, -0.2) is 0 Å². The average molecular weight is 242 g/mol. The molecule has 0 rings (SSSR count). The Labute approximate surface area is 67.2 Å². The summed E-state index contributed by atoms with van der Waals surface area (Å²) in [6, 6.07) is 0. The zero-order chi connectivity index (χ0) is 7.11. The van der Waals surface area contributed by atoms with Gasteiger partial charge >= 0.3 is 0 Å². The van der Waals surface area contributed by atoms with Crippen LogP contribution in [0, 0.1) is 0 Å². The number of nitrogens with zero attached hydrogens (tertiary/aromatic N) is 1. The summed E-state index contributed by atoms with van der Waals surface area (Å²) in [7, 11) is 2.05. The maximum atomic E-state index is 5.38. The van der Waals surface area contributed by atoms with Crippen LogP contribution in [0.4, 0.5) is 0 Å². The molecule has 0 aromatic heterocycles. The highest BCUT2D eigenvalue weighted by Gasteiger charge is 1.88. The molecule has 3 heteroatoms. The highest BCUT2D eigenvalue weighted by atomic mass is 127. The Morgan fingerprint density at radius 1 is 1.67 bits per heavy atom. The van der Waals surface area contributed by atoms with E-state index in [2.05, 4.69) is 22.9 Å². The van der Waals surface area contributed by atoms with Crippen LogP contribution in [0.2, 0.25) is 0 Å². The van der Waals surface area contributed by atoms with Crippen molar-refractivity contribution in [2.45, 2.75) is 6.92 Å². The first-order valence-electron chi connectivity index (χ1n) is 3.05. The Balaban J connectivity index is 3.06. The van der Waals surface area contributed by atoms with Gasteiger partial charge in [-0.1, -0.05) is 4.01 Å². The maximum absolute atomic E-state index is 5.38. The first-order valence-corrected chi connectivity index (χ1v) is 5.82. The van der Waals surface area contributed by atoms with Crippen molar-refractivity contribution in [1.29, 1.82) is 0 Å². The Hall–Kier alpha value is 0.520. The zero-order valence-corrected chi connectivity index (χ0v) is 8.26. The van der Waals surface area contributed by atoms with Crippen LogP contribution in [0.1, 0.15) is 6.92 Å². The second kappa shape index (κ2) is 6.64. The van der Waals surface area contributed by atoms with Crippen LogP contribution in [0.5, 0.6) is 0 Å². The van der Waals surface area contributed by atoms with Crippen molar-refractivity contribution in [3.05, 3.63) is 0 Å². The second-order valence-corrected chi connectivity index (χ2v) is 5.03. The number of halogens is 1. The molecule has 0 heterocycles. The third-order valence-electron chi connectivity index (χ3n) is 1.04. The van der Waals surface area contributed by atoms with Crippen LogP contribution >= 0.6 is 20.7 Å². The molecule has 0 saturated heterocycles. The summed E-state index contributed by atoms with van der Waals surface area (Å²) in [5.41, 5.74) is 5.38. The molecule has 9 heavy (non-hydrogen) atoms. The molecule has 56 valence electrons. The summed E-state index contributed by atoms with van der Waals surface area (Å²) in [6.07, 6.45) is 0. The van der Waals surface area contributed by atoms with E-state index in [1.165, 1.54) is 4.43 Å². The fourth-order valence-electron chi connectivity index (χ4n) is 0.393. The summed E-state index contributed by atoms with van der Waals surface area (Å²) in [4.78, 5) is 2.14. The minimum atomic E-state index is 0.366. The van der Waals surface area contributed by atoms with Crippen molar-refractivity contribution >= 4 is 24.7 Å². The van der Waals surface area contributed by atoms with Crippen molar-refractivity contribution in [2.24, 2.45) is 5.73 Å². The standard InChI is InChI=1S/C6H15IN2/c1-3-7-4-5-9(2)6-8/h3H,4-6,8H2,1-2H3. The summed E-state index contributed by atoms with van der Waals surface area (Å²) < 4.78 is 3.63. The fraction of sp³-hybridized carbons (Fsp3) is 0.833. The maximum Gasteiger partial charge on any atom is 0.0452 e. The Kier molecular flexibility index (Phi) is 7.02. The van der Waals surface area contributed by atoms with Crippen molar-refractivity contribution in [1.82, 2.24) is 4.90 Å². The minimum absolute atomic E-state index is 0.366. The largest absolute Gasteiger partial charge is 0.318 e. The van der Waals surface area contributed by atoms with Gasteiger partial charge in [-0.3, -0.25) is 4.90 Å². The molecule has 0 amide bonds. The molecule has 0 aromatic rings. The Morgan fingerprint density at radius 2 is 2.33 bits per heavy atom. The summed E-state index contributed by atoms with van der Waals surface area (Å²) in [5, 5.41) is 0. The van der Waals surface area contributed by atoms with Crippen LogP contribution in [-0.2, 0) is 0 Å². The molecule has 0 radical (unpaired) electrons. The molecule has 0 unspecified atom stereocenters. The van der Waals surface area contributed by atoms with Crippen molar-refractivity contribution in [3.63, 3.8) is 0 Å². The second-order valence-electron chi connectivity index (χ2n) is 1.82. The van der Waals surface area contributed by atoms with Crippen molar-refractivity contribution in [3.8, 4) is 0 Å².